The number of rotatable bonds is 4. The lowest BCUT2D eigenvalue weighted by Crippen LogP contribution is -2.22. The van der Waals surface area contributed by atoms with Gasteiger partial charge in [-0.1, -0.05) is 34.6 Å². The summed E-state index contributed by atoms with van der Waals surface area (Å²) in [6.45, 7) is 14.0. The van der Waals surface area contributed by atoms with Crippen LogP contribution in [0.3, 0.4) is 0 Å². The van der Waals surface area contributed by atoms with Gasteiger partial charge in [0.1, 0.15) is 0 Å². The van der Waals surface area contributed by atoms with E-state index in [1.165, 1.54) is 10.6 Å². The van der Waals surface area contributed by atoms with Gasteiger partial charge in [0.25, 0.3) is 0 Å². The predicted molar refractivity (Wildman–Crippen MR) is 75.5 cm³/mol. The Hall–Kier alpha value is -0.480. The molecule has 0 saturated carbocycles. The van der Waals surface area contributed by atoms with Crippen LogP contribution in [-0.2, 0) is 13.6 Å². The molecule has 98 valence electrons. The Morgan fingerprint density at radius 3 is 2.41 bits per heavy atom. The van der Waals surface area contributed by atoms with E-state index in [1.54, 1.807) is 0 Å². The van der Waals surface area contributed by atoms with Crippen LogP contribution in [-0.4, -0.2) is 20.6 Å². The summed E-state index contributed by atoms with van der Waals surface area (Å²) in [4.78, 5) is 0. The second-order valence-corrected chi connectivity index (χ2v) is 7.56. The minimum absolute atomic E-state index is 0.215. The standard InChI is InChI=1S/C13H25N3S/c1-9(2)14-8-11-10(3)15-16(7)12(11)17-13(4,5)6/h9,14H,8H2,1-7H3. The smallest absolute Gasteiger partial charge is 0.0989 e. The van der Waals surface area contributed by atoms with Gasteiger partial charge in [0.2, 0.25) is 0 Å². The van der Waals surface area contributed by atoms with Crippen molar-refractivity contribution < 1.29 is 0 Å². The van der Waals surface area contributed by atoms with E-state index in [1.807, 2.05) is 23.5 Å². The minimum atomic E-state index is 0.215. The Balaban J connectivity index is 2.94. The van der Waals surface area contributed by atoms with E-state index in [9.17, 15) is 0 Å². The molecule has 1 aromatic rings. The highest BCUT2D eigenvalue weighted by atomic mass is 32.2. The summed E-state index contributed by atoms with van der Waals surface area (Å²) in [5, 5.41) is 9.29. The van der Waals surface area contributed by atoms with Crippen molar-refractivity contribution >= 4 is 11.8 Å². The summed E-state index contributed by atoms with van der Waals surface area (Å²) in [7, 11) is 2.03. The lowest BCUT2D eigenvalue weighted by molar-refractivity contribution is 0.579. The molecular formula is C13H25N3S. The number of aromatic nitrogens is 2. The van der Waals surface area contributed by atoms with Gasteiger partial charge < -0.3 is 5.32 Å². The third-order valence-corrected chi connectivity index (χ3v) is 3.70. The Bertz CT molecular complexity index is 375. The first-order valence-corrected chi connectivity index (χ1v) is 6.97. The molecule has 4 heteroatoms. The molecule has 1 heterocycles. The zero-order valence-electron chi connectivity index (χ0n) is 12.1. The van der Waals surface area contributed by atoms with Crippen molar-refractivity contribution in [3.63, 3.8) is 0 Å². The maximum atomic E-state index is 4.53. The van der Waals surface area contributed by atoms with Crippen LogP contribution in [0.4, 0.5) is 0 Å². The quantitative estimate of drug-likeness (QED) is 0.838. The van der Waals surface area contributed by atoms with Crippen LogP contribution in [0.2, 0.25) is 0 Å². The van der Waals surface area contributed by atoms with Crippen molar-refractivity contribution in [3.8, 4) is 0 Å². The van der Waals surface area contributed by atoms with E-state index in [-0.39, 0.29) is 4.75 Å². The van der Waals surface area contributed by atoms with Gasteiger partial charge in [0, 0.05) is 29.9 Å². The number of hydrogen-bond donors (Lipinski definition) is 1. The highest BCUT2D eigenvalue weighted by Gasteiger charge is 2.20. The molecule has 0 spiro atoms. The molecule has 0 aliphatic rings. The molecule has 0 aliphatic heterocycles. The number of aryl methyl sites for hydroxylation is 2. The highest BCUT2D eigenvalue weighted by Crippen LogP contribution is 2.34. The van der Waals surface area contributed by atoms with E-state index in [2.05, 4.69) is 52.0 Å². The lowest BCUT2D eigenvalue weighted by atomic mass is 10.2. The maximum Gasteiger partial charge on any atom is 0.0989 e. The third-order valence-electron chi connectivity index (χ3n) is 2.38. The molecule has 0 bridgehead atoms. The van der Waals surface area contributed by atoms with Gasteiger partial charge in [-0.2, -0.15) is 5.10 Å². The number of nitrogens with one attached hydrogen (secondary N) is 1. The first-order chi connectivity index (χ1) is 7.70. The van der Waals surface area contributed by atoms with Gasteiger partial charge in [-0.25, -0.2) is 0 Å². The van der Waals surface area contributed by atoms with Crippen molar-refractivity contribution in [2.24, 2.45) is 7.05 Å². The van der Waals surface area contributed by atoms with Crippen molar-refractivity contribution in [1.29, 1.82) is 0 Å². The van der Waals surface area contributed by atoms with Gasteiger partial charge in [-0.05, 0) is 6.92 Å². The molecule has 0 amide bonds. The van der Waals surface area contributed by atoms with Crippen LogP contribution >= 0.6 is 11.8 Å². The van der Waals surface area contributed by atoms with E-state index < -0.39 is 0 Å². The molecule has 0 saturated heterocycles. The molecule has 1 aromatic heterocycles. The summed E-state index contributed by atoms with van der Waals surface area (Å²) < 4.78 is 2.22. The average molecular weight is 255 g/mol. The molecule has 3 nitrogen and oxygen atoms in total. The molecular weight excluding hydrogens is 230 g/mol. The number of thioether (sulfide) groups is 1. The summed E-state index contributed by atoms with van der Waals surface area (Å²) in [5.41, 5.74) is 2.47. The fourth-order valence-corrected chi connectivity index (χ4v) is 2.70. The molecule has 0 atom stereocenters. The Labute approximate surface area is 109 Å². The Morgan fingerprint density at radius 1 is 1.35 bits per heavy atom. The normalized spacial score (nSPS) is 12.5. The van der Waals surface area contributed by atoms with E-state index in [0.29, 0.717) is 6.04 Å². The fourth-order valence-electron chi connectivity index (χ4n) is 1.61. The first-order valence-electron chi connectivity index (χ1n) is 6.15. The van der Waals surface area contributed by atoms with Gasteiger partial charge in [-0.15, -0.1) is 11.8 Å². The van der Waals surface area contributed by atoms with Crippen LogP contribution in [0.15, 0.2) is 5.03 Å². The van der Waals surface area contributed by atoms with Crippen molar-refractivity contribution in [3.05, 3.63) is 11.3 Å². The van der Waals surface area contributed by atoms with Crippen LogP contribution in [0.1, 0.15) is 45.9 Å². The van der Waals surface area contributed by atoms with E-state index in [4.69, 9.17) is 0 Å². The van der Waals surface area contributed by atoms with Gasteiger partial charge >= 0.3 is 0 Å². The van der Waals surface area contributed by atoms with Crippen LogP contribution in [0, 0.1) is 6.92 Å². The second-order valence-electron chi connectivity index (χ2n) is 5.74. The molecule has 0 radical (unpaired) electrons. The predicted octanol–water partition coefficient (Wildman–Crippen LogP) is 3.12. The summed E-state index contributed by atoms with van der Waals surface area (Å²) in [5.74, 6) is 0. The highest BCUT2D eigenvalue weighted by molar-refractivity contribution is 8.00. The molecule has 0 unspecified atom stereocenters. The van der Waals surface area contributed by atoms with Gasteiger partial charge in [0.05, 0.1) is 10.7 Å². The van der Waals surface area contributed by atoms with Crippen LogP contribution in [0.5, 0.6) is 0 Å². The zero-order valence-corrected chi connectivity index (χ0v) is 12.9. The second kappa shape index (κ2) is 5.44. The molecule has 0 aromatic carbocycles. The molecule has 0 fully saturated rings. The van der Waals surface area contributed by atoms with E-state index in [0.717, 1.165) is 12.2 Å². The van der Waals surface area contributed by atoms with Crippen LogP contribution in [0.25, 0.3) is 0 Å². The number of nitrogens with zero attached hydrogens (tertiary/aromatic N) is 2. The van der Waals surface area contributed by atoms with Crippen LogP contribution < -0.4 is 5.32 Å². The largest absolute Gasteiger partial charge is 0.310 e. The summed E-state index contributed by atoms with van der Waals surface area (Å²) >= 11 is 1.89. The summed E-state index contributed by atoms with van der Waals surface area (Å²) in [6.07, 6.45) is 0. The molecule has 0 aliphatic carbocycles. The Kier molecular flexibility index (Phi) is 4.67. The maximum absolute atomic E-state index is 4.53. The fraction of sp³-hybridized carbons (Fsp3) is 0.769. The van der Waals surface area contributed by atoms with Gasteiger partial charge in [0.15, 0.2) is 0 Å². The first kappa shape index (κ1) is 14.6. The topological polar surface area (TPSA) is 29.9 Å². The summed E-state index contributed by atoms with van der Waals surface area (Å²) in [6, 6.07) is 0.502. The lowest BCUT2D eigenvalue weighted by Gasteiger charge is -2.19. The molecule has 17 heavy (non-hydrogen) atoms. The van der Waals surface area contributed by atoms with Gasteiger partial charge in [-0.3, -0.25) is 4.68 Å². The monoisotopic (exact) mass is 255 g/mol. The number of hydrogen-bond acceptors (Lipinski definition) is 3. The zero-order chi connectivity index (χ0) is 13.2. The van der Waals surface area contributed by atoms with E-state index >= 15 is 0 Å². The third kappa shape index (κ3) is 4.36. The van der Waals surface area contributed by atoms with Crippen molar-refractivity contribution in [2.45, 2.75) is 63.9 Å². The molecule has 1 rings (SSSR count). The average Bonchev–Trinajstić information content (AvgIpc) is 2.36. The van der Waals surface area contributed by atoms with Crippen molar-refractivity contribution in [1.82, 2.24) is 15.1 Å². The minimum Gasteiger partial charge on any atom is -0.310 e. The molecule has 1 N–H and O–H groups in total. The SMILES string of the molecule is Cc1nn(C)c(SC(C)(C)C)c1CNC(C)C. The Morgan fingerprint density at radius 2 is 1.94 bits per heavy atom. The van der Waals surface area contributed by atoms with Crippen molar-refractivity contribution in [2.75, 3.05) is 0 Å².